The summed E-state index contributed by atoms with van der Waals surface area (Å²) in [4.78, 5) is 0.0786. The number of aryl methyl sites for hydroxylation is 1. The van der Waals surface area contributed by atoms with Crippen LogP contribution in [0, 0.1) is 18.3 Å². The lowest BCUT2D eigenvalue weighted by Gasteiger charge is -2.09. The van der Waals surface area contributed by atoms with E-state index in [9.17, 15) is 8.42 Å². The van der Waals surface area contributed by atoms with Gasteiger partial charge in [0.25, 0.3) is 9.05 Å². The number of nitrogens with zero attached hydrogens (tertiary/aromatic N) is 1. The summed E-state index contributed by atoms with van der Waals surface area (Å²) < 4.78 is 28.2. The van der Waals surface area contributed by atoms with Crippen molar-refractivity contribution in [2.24, 2.45) is 0 Å². The van der Waals surface area contributed by atoms with Crippen LogP contribution in [0.3, 0.4) is 0 Å². The molecule has 0 N–H and O–H groups in total. The van der Waals surface area contributed by atoms with Crippen molar-refractivity contribution in [1.82, 2.24) is 0 Å². The zero-order valence-electron chi connectivity index (χ0n) is 11.2. The first kappa shape index (κ1) is 15.4. The second-order valence-electron chi connectivity index (χ2n) is 4.46. The molecule has 108 valence electrons. The first-order valence-electron chi connectivity index (χ1n) is 6.07. The molecular weight excluding hydrogens is 310 g/mol. The highest BCUT2D eigenvalue weighted by atomic mass is 35.7. The second-order valence-corrected chi connectivity index (χ2v) is 7.00. The molecule has 0 saturated carbocycles. The summed E-state index contributed by atoms with van der Waals surface area (Å²) in [6.45, 7) is 1.99. The third-order valence-corrected chi connectivity index (χ3v) is 4.38. The minimum Gasteiger partial charge on any atom is -0.489 e. The van der Waals surface area contributed by atoms with Crippen LogP contribution in [0.25, 0.3) is 0 Å². The Morgan fingerprint density at radius 3 is 2.38 bits per heavy atom. The molecule has 0 aromatic heterocycles. The molecule has 0 aliphatic heterocycles. The van der Waals surface area contributed by atoms with Crippen molar-refractivity contribution in [2.45, 2.75) is 18.4 Å². The van der Waals surface area contributed by atoms with E-state index < -0.39 is 9.05 Å². The average molecular weight is 322 g/mol. The quantitative estimate of drug-likeness (QED) is 0.810. The van der Waals surface area contributed by atoms with Gasteiger partial charge in [0.15, 0.2) is 0 Å². The maximum atomic E-state index is 11.3. The van der Waals surface area contributed by atoms with Gasteiger partial charge >= 0.3 is 0 Å². The molecule has 6 heteroatoms. The van der Waals surface area contributed by atoms with E-state index in [2.05, 4.69) is 0 Å². The van der Waals surface area contributed by atoms with Crippen LogP contribution in [0.5, 0.6) is 5.75 Å². The van der Waals surface area contributed by atoms with Crippen molar-refractivity contribution >= 4 is 19.7 Å². The molecule has 0 heterocycles. The minimum atomic E-state index is -3.74. The summed E-state index contributed by atoms with van der Waals surface area (Å²) in [6, 6.07) is 13.7. The molecule has 0 unspecified atom stereocenters. The Morgan fingerprint density at radius 2 is 1.86 bits per heavy atom. The van der Waals surface area contributed by atoms with E-state index in [0.29, 0.717) is 23.5 Å². The van der Waals surface area contributed by atoms with Crippen molar-refractivity contribution in [1.29, 1.82) is 5.26 Å². The largest absolute Gasteiger partial charge is 0.489 e. The molecule has 2 rings (SSSR count). The molecule has 0 fully saturated rings. The normalized spacial score (nSPS) is 10.9. The molecule has 0 bridgehead atoms. The maximum Gasteiger partial charge on any atom is 0.261 e. The third-order valence-electron chi connectivity index (χ3n) is 2.90. The fraction of sp³-hybridized carbons (Fsp3) is 0.133. The molecule has 0 aliphatic carbocycles. The monoisotopic (exact) mass is 321 g/mol. The molecule has 0 radical (unpaired) electrons. The summed E-state index contributed by atoms with van der Waals surface area (Å²) in [7, 11) is 1.58. The van der Waals surface area contributed by atoms with Gasteiger partial charge in [-0.3, -0.25) is 0 Å². The Hall–Kier alpha value is -2.03. The van der Waals surface area contributed by atoms with E-state index >= 15 is 0 Å². The van der Waals surface area contributed by atoms with Crippen LogP contribution in [-0.4, -0.2) is 8.42 Å². The molecule has 0 aliphatic rings. The number of rotatable bonds is 4. The van der Waals surface area contributed by atoms with Crippen molar-refractivity contribution < 1.29 is 13.2 Å². The fourth-order valence-electron chi connectivity index (χ4n) is 1.83. The van der Waals surface area contributed by atoms with E-state index in [-0.39, 0.29) is 4.90 Å². The third kappa shape index (κ3) is 3.97. The van der Waals surface area contributed by atoms with E-state index in [4.69, 9.17) is 20.7 Å². The Balaban J connectivity index is 2.10. The van der Waals surface area contributed by atoms with Gasteiger partial charge in [0.2, 0.25) is 0 Å². The zero-order chi connectivity index (χ0) is 15.5. The Bertz CT molecular complexity index is 793. The van der Waals surface area contributed by atoms with E-state index in [1.807, 2.05) is 18.2 Å². The van der Waals surface area contributed by atoms with Crippen LogP contribution >= 0.6 is 10.7 Å². The first-order chi connectivity index (χ1) is 9.90. The smallest absolute Gasteiger partial charge is 0.261 e. The Morgan fingerprint density at radius 1 is 1.19 bits per heavy atom. The van der Waals surface area contributed by atoms with Gasteiger partial charge in [0, 0.05) is 10.7 Å². The van der Waals surface area contributed by atoms with E-state index in [1.54, 1.807) is 31.2 Å². The molecule has 21 heavy (non-hydrogen) atoms. The lowest BCUT2D eigenvalue weighted by molar-refractivity contribution is 0.306. The molecular formula is C15H12ClNO3S. The van der Waals surface area contributed by atoms with Gasteiger partial charge in [-0.25, -0.2) is 8.42 Å². The van der Waals surface area contributed by atoms with Gasteiger partial charge in [0.05, 0.1) is 16.5 Å². The molecule has 0 atom stereocenters. The van der Waals surface area contributed by atoms with Gasteiger partial charge in [0.1, 0.15) is 12.4 Å². The fourth-order valence-corrected chi connectivity index (χ4v) is 3.02. The lowest BCUT2D eigenvalue weighted by Crippen LogP contribution is -1.98. The topological polar surface area (TPSA) is 67.2 Å². The second kappa shape index (κ2) is 6.17. The summed E-state index contributed by atoms with van der Waals surface area (Å²) in [5.74, 6) is 0.556. The predicted molar refractivity (Wildman–Crippen MR) is 79.7 cm³/mol. The zero-order valence-corrected chi connectivity index (χ0v) is 12.8. The lowest BCUT2D eigenvalue weighted by atomic mass is 10.1. The molecule has 0 saturated heterocycles. The maximum absolute atomic E-state index is 11.3. The van der Waals surface area contributed by atoms with Crippen LogP contribution in [0.1, 0.15) is 16.7 Å². The van der Waals surface area contributed by atoms with Gasteiger partial charge in [-0.1, -0.05) is 12.1 Å². The van der Waals surface area contributed by atoms with Crippen LogP contribution < -0.4 is 4.74 Å². The van der Waals surface area contributed by atoms with Crippen LogP contribution in [0.2, 0.25) is 0 Å². The molecule has 0 amide bonds. The summed E-state index contributed by atoms with van der Waals surface area (Å²) in [6.07, 6.45) is 0. The standard InChI is InChI=1S/C15H12ClNO3S/c1-11-8-14(6-7-15(11)21(16,18)19)20-10-13-4-2-12(9-17)3-5-13/h2-8H,10H2,1H3. The number of benzene rings is 2. The van der Waals surface area contributed by atoms with Gasteiger partial charge in [-0.2, -0.15) is 5.26 Å². The minimum absolute atomic E-state index is 0.0786. The van der Waals surface area contributed by atoms with Crippen molar-refractivity contribution in [2.75, 3.05) is 0 Å². The number of halogens is 1. The van der Waals surface area contributed by atoms with Crippen LogP contribution in [0.15, 0.2) is 47.4 Å². The van der Waals surface area contributed by atoms with Crippen molar-refractivity contribution in [3.63, 3.8) is 0 Å². The SMILES string of the molecule is Cc1cc(OCc2ccc(C#N)cc2)ccc1S(=O)(=O)Cl. The van der Waals surface area contributed by atoms with Crippen LogP contribution in [-0.2, 0) is 15.7 Å². The number of hydrogen-bond donors (Lipinski definition) is 0. The van der Waals surface area contributed by atoms with Crippen molar-refractivity contribution in [3.05, 3.63) is 59.2 Å². The Kier molecular flexibility index (Phi) is 4.51. The molecule has 2 aromatic carbocycles. The molecule has 0 spiro atoms. The number of nitriles is 1. The van der Waals surface area contributed by atoms with Gasteiger partial charge < -0.3 is 4.74 Å². The predicted octanol–water partition coefficient (Wildman–Crippen LogP) is 3.37. The van der Waals surface area contributed by atoms with Crippen molar-refractivity contribution in [3.8, 4) is 11.8 Å². The highest BCUT2D eigenvalue weighted by Crippen LogP contribution is 2.24. The number of ether oxygens (including phenoxy) is 1. The number of hydrogen-bond acceptors (Lipinski definition) is 4. The highest BCUT2D eigenvalue weighted by Gasteiger charge is 2.13. The van der Waals surface area contributed by atoms with Gasteiger partial charge in [-0.15, -0.1) is 0 Å². The first-order valence-corrected chi connectivity index (χ1v) is 8.38. The van der Waals surface area contributed by atoms with Crippen LogP contribution in [0.4, 0.5) is 0 Å². The van der Waals surface area contributed by atoms with E-state index in [0.717, 1.165) is 5.56 Å². The Labute approximate surface area is 128 Å². The summed E-state index contributed by atoms with van der Waals surface area (Å²) in [5, 5.41) is 8.72. The highest BCUT2D eigenvalue weighted by molar-refractivity contribution is 8.13. The summed E-state index contributed by atoms with van der Waals surface area (Å²) in [5.41, 5.74) is 2.04. The van der Waals surface area contributed by atoms with Gasteiger partial charge in [-0.05, 0) is 48.4 Å². The molecule has 2 aromatic rings. The molecule has 4 nitrogen and oxygen atoms in total. The van der Waals surface area contributed by atoms with E-state index in [1.165, 1.54) is 6.07 Å². The average Bonchev–Trinajstić information content (AvgIpc) is 2.44. The summed E-state index contributed by atoms with van der Waals surface area (Å²) >= 11 is 0.